The lowest BCUT2D eigenvalue weighted by atomic mass is 9.87. The lowest BCUT2D eigenvalue weighted by Crippen LogP contribution is -2.30. The summed E-state index contributed by atoms with van der Waals surface area (Å²) in [7, 11) is 0. The van der Waals surface area contributed by atoms with Crippen molar-refractivity contribution in [1.29, 1.82) is 0 Å². The van der Waals surface area contributed by atoms with E-state index in [-0.39, 0.29) is 5.82 Å². The van der Waals surface area contributed by atoms with Gasteiger partial charge in [0.05, 0.1) is 0 Å². The molecule has 0 amide bonds. The molecule has 1 aromatic rings. The first kappa shape index (κ1) is 16.5. The predicted octanol–water partition coefficient (Wildman–Crippen LogP) is 5.23. The van der Waals surface area contributed by atoms with E-state index < -0.39 is 0 Å². The lowest BCUT2D eigenvalue weighted by Gasteiger charge is -2.32. The molecule has 0 spiro atoms. The van der Waals surface area contributed by atoms with Crippen LogP contribution in [0.1, 0.15) is 40.5 Å². The molecule has 1 saturated heterocycles. The predicted molar refractivity (Wildman–Crippen MR) is 82.7 cm³/mol. The first-order valence-electron chi connectivity index (χ1n) is 7.33. The van der Waals surface area contributed by atoms with Crippen LogP contribution in [0.15, 0.2) is 29.2 Å². The third kappa shape index (κ3) is 5.53. The molecule has 1 aliphatic rings. The van der Waals surface area contributed by atoms with Crippen molar-refractivity contribution in [2.75, 3.05) is 13.1 Å². The number of rotatable bonds is 3. The molecule has 0 aliphatic carbocycles. The molecule has 0 aromatic heterocycles. The number of nitrogens with zero attached hydrogens (tertiary/aromatic N) is 1. The van der Waals surface area contributed by atoms with Gasteiger partial charge >= 0.3 is 0 Å². The highest BCUT2D eigenvalue weighted by Gasteiger charge is 2.21. The maximum atomic E-state index is 13.1. The molecule has 0 radical (unpaired) electrons. The Morgan fingerprint density at radius 2 is 1.84 bits per heavy atom. The fraction of sp³-hybridized carbons (Fsp3) is 0.625. The highest BCUT2D eigenvalue weighted by Crippen LogP contribution is 2.31. The molecule has 1 nitrogen and oxygen atoms in total. The molecule has 1 heterocycles. The highest BCUT2D eigenvalue weighted by molar-refractivity contribution is 7.97. The second-order valence-electron chi connectivity index (χ2n) is 5.06. The molecule has 1 aromatic carbocycles. The number of hydrogen-bond donors (Lipinski definition) is 0. The number of halogens is 1. The van der Waals surface area contributed by atoms with Crippen LogP contribution in [0.2, 0.25) is 0 Å². The summed E-state index contributed by atoms with van der Waals surface area (Å²) in [6.45, 7) is 10.8. The Balaban J connectivity index is 0.000000861. The Morgan fingerprint density at radius 3 is 2.37 bits per heavy atom. The van der Waals surface area contributed by atoms with Gasteiger partial charge in [0, 0.05) is 18.0 Å². The molecule has 0 atom stereocenters. The van der Waals surface area contributed by atoms with Gasteiger partial charge in [0.25, 0.3) is 0 Å². The van der Waals surface area contributed by atoms with E-state index in [1.807, 2.05) is 19.9 Å². The van der Waals surface area contributed by atoms with Crippen LogP contribution in [-0.2, 0) is 0 Å². The van der Waals surface area contributed by atoms with Crippen LogP contribution < -0.4 is 0 Å². The largest absolute Gasteiger partial charge is 0.246 e. The van der Waals surface area contributed by atoms with Gasteiger partial charge in [0.15, 0.2) is 0 Å². The summed E-state index contributed by atoms with van der Waals surface area (Å²) in [5.41, 5.74) is 0. The Kier molecular flexibility index (Phi) is 7.47. The van der Waals surface area contributed by atoms with E-state index >= 15 is 0 Å². The standard InChI is InChI=1S/C14H20FNS.C2H6/c1-11(2)12-6-8-16(9-7-12)17-14-5-3-4-13(15)10-14;1-2/h3-5,10-12H,6-9H2,1-2H3;1-2H3. The minimum atomic E-state index is -0.146. The second kappa shape index (κ2) is 8.60. The van der Waals surface area contributed by atoms with Crippen molar-refractivity contribution in [2.45, 2.75) is 45.4 Å². The SMILES string of the molecule is CC.CC(C)C1CCN(Sc2cccc(F)c2)CC1. The summed E-state index contributed by atoms with van der Waals surface area (Å²) in [6, 6.07) is 6.86. The minimum Gasteiger partial charge on any atom is -0.246 e. The van der Waals surface area contributed by atoms with Crippen LogP contribution in [0.3, 0.4) is 0 Å². The minimum absolute atomic E-state index is 0.146. The zero-order valence-electron chi connectivity index (χ0n) is 12.5. The fourth-order valence-corrected chi connectivity index (χ4v) is 3.30. The van der Waals surface area contributed by atoms with Crippen LogP contribution >= 0.6 is 11.9 Å². The maximum Gasteiger partial charge on any atom is 0.124 e. The van der Waals surface area contributed by atoms with Crippen molar-refractivity contribution >= 4 is 11.9 Å². The average Bonchev–Trinajstić information content (AvgIpc) is 2.41. The van der Waals surface area contributed by atoms with E-state index in [2.05, 4.69) is 18.2 Å². The van der Waals surface area contributed by atoms with E-state index in [0.717, 1.165) is 29.8 Å². The first-order valence-corrected chi connectivity index (χ1v) is 8.11. The maximum absolute atomic E-state index is 13.1. The summed E-state index contributed by atoms with van der Waals surface area (Å²) < 4.78 is 15.4. The van der Waals surface area contributed by atoms with E-state index in [4.69, 9.17) is 0 Å². The summed E-state index contributed by atoms with van der Waals surface area (Å²) >= 11 is 1.69. The summed E-state index contributed by atoms with van der Waals surface area (Å²) in [6.07, 6.45) is 2.53. The topological polar surface area (TPSA) is 3.24 Å². The molecule has 1 aliphatic heterocycles. The Morgan fingerprint density at radius 1 is 1.21 bits per heavy atom. The van der Waals surface area contributed by atoms with Crippen LogP contribution in [0, 0.1) is 17.7 Å². The normalized spacial score (nSPS) is 17.2. The van der Waals surface area contributed by atoms with Gasteiger partial charge in [-0.25, -0.2) is 8.70 Å². The monoisotopic (exact) mass is 283 g/mol. The summed E-state index contributed by atoms with van der Waals surface area (Å²) in [4.78, 5) is 1.01. The molecular formula is C16H26FNS. The van der Waals surface area contributed by atoms with Gasteiger partial charge in [-0.3, -0.25) is 0 Å². The molecule has 1 fully saturated rings. The second-order valence-corrected chi connectivity index (χ2v) is 6.23. The van der Waals surface area contributed by atoms with Crippen LogP contribution in [-0.4, -0.2) is 17.4 Å². The smallest absolute Gasteiger partial charge is 0.124 e. The Hall–Kier alpha value is -0.540. The van der Waals surface area contributed by atoms with Crippen molar-refractivity contribution in [2.24, 2.45) is 11.8 Å². The molecule has 2 rings (SSSR count). The van der Waals surface area contributed by atoms with Gasteiger partial charge < -0.3 is 0 Å². The van der Waals surface area contributed by atoms with E-state index in [1.54, 1.807) is 24.1 Å². The van der Waals surface area contributed by atoms with Gasteiger partial charge in [0.2, 0.25) is 0 Å². The zero-order valence-corrected chi connectivity index (χ0v) is 13.3. The summed E-state index contributed by atoms with van der Waals surface area (Å²) in [5, 5.41) is 0. The quantitative estimate of drug-likeness (QED) is 0.699. The molecule has 0 N–H and O–H groups in total. The van der Waals surface area contributed by atoms with Crippen molar-refractivity contribution in [3.63, 3.8) is 0 Å². The van der Waals surface area contributed by atoms with Crippen LogP contribution in [0.4, 0.5) is 4.39 Å². The molecule has 0 unspecified atom stereocenters. The lowest BCUT2D eigenvalue weighted by molar-refractivity contribution is 0.237. The zero-order chi connectivity index (χ0) is 14.3. The average molecular weight is 283 g/mol. The molecule has 19 heavy (non-hydrogen) atoms. The third-order valence-electron chi connectivity index (χ3n) is 3.47. The van der Waals surface area contributed by atoms with Gasteiger partial charge in [-0.05, 0) is 54.8 Å². The summed E-state index contributed by atoms with van der Waals surface area (Å²) in [5.74, 6) is 1.50. The number of benzene rings is 1. The van der Waals surface area contributed by atoms with Gasteiger partial charge in [-0.2, -0.15) is 0 Å². The molecule has 3 heteroatoms. The van der Waals surface area contributed by atoms with E-state index in [0.29, 0.717) is 0 Å². The molecule has 0 saturated carbocycles. The van der Waals surface area contributed by atoms with Crippen LogP contribution in [0.25, 0.3) is 0 Å². The number of piperidine rings is 1. The van der Waals surface area contributed by atoms with Gasteiger partial charge in [-0.1, -0.05) is 33.8 Å². The van der Waals surface area contributed by atoms with Gasteiger partial charge in [0.1, 0.15) is 5.82 Å². The van der Waals surface area contributed by atoms with Crippen molar-refractivity contribution in [1.82, 2.24) is 4.31 Å². The molecule has 108 valence electrons. The highest BCUT2D eigenvalue weighted by atomic mass is 32.2. The first-order chi connectivity index (χ1) is 9.15. The molecule has 0 bridgehead atoms. The van der Waals surface area contributed by atoms with Crippen molar-refractivity contribution < 1.29 is 4.39 Å². The Bertz CT molecular complexity index is 360. The van der Waals surface area contributed by atoms with E-state index in [9.17, 15) is 4.39 Å². The fourth-order valence-electron chi connectivity index (χ4n) is 2.31. The molecular weight excluding hydrogens is 257 g/mol. The third-order valence-corrected chi connectivity index (χ3v) is 4.56. The van der Waals surface area contributed by atoms with E-state index in [1.165, 1.54) is 18.9 Å². The van der Waals surface area contributed by atoms with Crippen molar-refractivity contribution in [3.05, 3.63) is 30.1 Å². The van der Waals surface area contributed by atoms with Crippen LogP contribution in [0.5, 0.6) is 0 Å². The Labute approximate surface area is 121 Å². The van der Waals surface area contributed by atoms with Crippen molar-refractivity contribution in [3.8, 4) is 0 Å². The van der Waals surface area contributed by atoms with Gasteiger partial charge in [-0.15, -0.1) is 0 Å². The number of hydrogen-bond acceptors (Lipinski definition) is 2.